The first kappa shape index (κ1) is 11.9. The van der Waals surface area contributed by atoms with Crippen molar-refractivity contribution in [2.24, 2.45) is 0 Å². The van der Waals surface area contributed by atoms with Gasteiger partial charge in [-0.15, -0.1) is 11.3 Å². The molecule has 2 aromatic rings. The van der Waals surface area contributed by atoms with Gasteiger partial charge in [0.05, 0.1) is 36.0 Å². The summed E-state index contributed by atoms with van der Waals surface area (Å²) in [6, 6.07) is 4.53. The smallest absolute Gasteiger partial charge is 0.126 e. The van der Waals surface area contributed by atoms with E-state index in [-0.39, 0.29) is 6.04 Å². The van der Waals surface area contributed by atoms with Gasteiger partial charge in [-0.05, 0) is 18.6 Å². The van der Waals surface area contributed by atoms with Crippen LogP contribution in [0.1, 0.15) is 23.7 Å². The second kappa shape index (κ2) is 5.22. The summed E-state index contributed by atoms with van der Waals surface area (Å²) in [6.45, 7) is 4.55. The normalized spacial score (nSPS) is 20.2. The first-order valence-electron chi connectivity index (χ1n) is 6.32. The van der Waals surface area contributed by atoms with E-state index in [9.17, 15) is 0 Å². The van der Waals surface area contributed by atoms with E-state index in [4.69, 9.17) is 4.74 Å². The molecule has 0 aromatic carbocycles. The summed E-state index contributed by atoms with van der Waals surface area (Å²) in [6.07, 6.45) is 3.00. The molecular formula is C13H17N3OS. The Labute approximate surface area is 110 Å². The SMILES string of the molecule is CCc1ccc(-c2cnc(C3COCCN3)[nH]2)s1. The molecule has 3 heterocycles. The van der Waals surface area contributed by atoms with Crippen LogP contribution in [0.3, 0.4) is 0 Å². The Kier molecular flexibility index (Phi) is 3.45. The van der Waals surface area contributed by atoms with Gasteiger partial charge in [0.15, 0.2) is 0 Å². The number of aromatic amines is 1. The minimum Gasteiger partial charge on any atom is -0.378 e. The van der Waals surface area contributed by atoms with Gasteiger partial charge in [0.1, 0.15) is 5.82 Å². The lowest BCUT2D eigenvalue weighted by Crippen LogP contribution is -2.35. The zero-order valence-corrected chi connectivity index (χ0v) is 11.2. The fourth-order valence-corrected chi connectivity index (χ4v) is 3.01. The minimum atomic E-state index is 0.193. The molecule has 0 bridgehead atoms. The molecule has 1 unspecified atom stereocenters. The molecule has 1 atom stereocenters. The average Bonchev–Trinajstić information content (AvgIpc) is 3.08. The standard InChI is InChI=1S/C13H17N3OS/c1-2-9-3-4-12(18-9)10-7-15-13(16-10)11-8-17-6-5-14-11/h3-4,7,11,14H,2,5-6,8H2,1H3,(H,15,16). The molecule has 18 heavy (non-hydrogen) atoms. The molecule has 2 N–H and O–H groups in total. The molecule has 2 aromatic heterocycles. The third-order valence-corrected chi connectivity index (χ3v) is 4.39. The first-order chi connectivity index (χ1) is 8.86. The second-order valence-corrected chi connectivity index (χ2v) is 5.55. The van der Waals surface area contributed by atoms with Gasteiger partial charge in [-0.3, -0.25) is 0 Å². The molecule has 1 aliphatic rings. The molecule has 4 nitrogen and oxygen atoms in total. The third kappa shape index (κ3) is 2.34. The number of nitrogens with zero attached hydrogens (tertiary/aromatic N) is 1. The Bertz CT molecular complexity index is 514. The molecular weight excluding hydrogens is 246 g/mol. The van der Waals surface area contributed by atoms with Gasteiger partial charge < -0.3 is 15.0 Å². The van der Waals surface area contributed by atoms with Crippen LogP contribution >= 0.6 is 11.3 Å². The second-order valence-electron chi connectivity index (χ2n) is 4.38. The third-order valence-electron chi connectivity index (χ3n) is 3.12. The van der Waals surface area contributed by atoms with Crippen molar-refractivity contribution >= 4 is 11.3 Å². The number of aryl methyl sites for hydroxylation is 1. The minimum absolute atomic E-state index is 0.193. The summed E-state index contributed by atoms with van der Waals surface area (Å²) < 4.78 is 5.45. The predicted octanol–water partition coefficient (Wildman–Crippen LogP) is 2.36. The first-order valence-corrected chi connectivity index (χ1v) is 7.13. The Morgan fingerprint density at radius 3 is 3.17 bits per heavy atom. The number of hydrogen-bond acceptors (Lipinski definition) is 4. The van der Waals surface area contributed by atoms with Crippen LogP contribution in [-0.4, -0.2) is 29.7 Å². The Morgan fingerprint density at radius 1 is 1.50 bits per heavy atom. The van der Waals surface area contributed by atoms with E-state index >= 15 is 0 Å². The molecule has 1 fully saturated rings. The highest BCUT2D eigenvalue weighted by Crippen LogP contribution is 2.28. The summed E-state index contributed by atoms with van der Waals surface area (Å²) >= 11 is 1.82. The molecule has 5 heteroatoms. The van der Waals surface area contributed by atoms with Gasteiger partial charge in [0.25, 0.3) is 0 Å². The topological polar surface area (TPSA) is 49.9 Å². The largest absolute Gasteiger partial charge is 0.378 e. The highest BCUT2D eigenvalue weighted by atomic mass is 32.1. The van der Waals surface area contributed by atoms with Crippen LogP contribution in [0.4, 0.5) is 0 Å². The van der Waals surface area contributed by atoms with E-state index in [1.807, 2.05) is 17.5 Å². The molecule has 0 saturated carbocycles. The van der Waals surface area contributed by atoms with Gasteiger partial charge in [-0.25, -0.2) is 4.98 Å². The van der Waals surface area contributed by atoms with Crippen LogP contribution in [0.2, 0.25) is 0 Å². The fraction of sp³-hybridized carbons (Fsp3) is 0.462. The van der Waals surface area contributed by atoms with Crippen molar-refractivity contribution in [1.82, 2.24) is 15.3 Å². The maximum Gasteiger partial charge on any atom is 0.126 e. The summed E-state index contributed by atoms with van der Waals surface area (Å²) in [5.74, 6) is 0.969. The quantitative estimate of drug-likeness (QED) is 0.894. The summed E-state index contributed by atoms with van der Waals surface area (Å²) in [7, 11) is 0. The van der Waals surface area contributed by atoms with Crippen molar-refractivity contribution in [3.05, 3.63) is 29.0 Å². The van der Waals surface area contributed by atoms with Crippen molar-refractivity contribution in [2.45, 2.75) is 19.4 Å². The number of aromatic nitrogens is 2. The number of morpholine rings is 1. The number of nitrogens with one attached hydrogen (secondary N) is 2. The van der Waals surface area contributed by atoms with Gasteiger partial charge >= 0.3 is 0 Å². The number of imidazole rings is 1. The Hall–Kier alpha value is -1.17. The molecule has 0 radical (unpaired) electrons. The van der Waals surface area contributed by atoms with E-state index in [0.29, 0.717) is 6.61 Å². The molecule has 0 amide bonds. The van der Waals surface area contributed by atoms with Gasteiger partial charge in [0, 0.05) is 11.4 Å². The summed E-state index contributed by atoms with van der Waals surface area (Å²) in [4.78, 5) is 10.5. The van der Waals surface area contributed by atoms with Crippen molar-refractivity contribution in [3.63, 3.8) is 0 Å². The lowest BCUT2D eigenvalue weighted by molar-refractivity contribution is 0.0745. The van der Waals surface area contributed by atoms with Gasteiger partial charge in [-0.1, -0.05) is 6.92 Å². The predicted molar refractivity (Wildman–Crippen MR) is 72.8 cm³/mol. The monoisotopic (exact) mass is 263 g/mol. The molecule has 0 spiro atoms. The van der Waals surface area contributed by atoms with Crippen LogP contribution in [0.25, 0.3) is 10.6 Å². The van der Waals surface area contributed by atoms with Crippen LogP contribution < -0.4 is 5.32 Å². The van der Waals surface area contributed by atoms with E-state index < -0.39 is 0 Å². The van der Waals surface area contributed by atoms with Crippen molar-refractivity contribution in [3.8, 4) is 10.6 Å². The number of rotatable bonds is 3. The lowest BCUT2D eigenvalue weighted by Gasteiger charge is -2.21. The number of ether oxygens (including phenoxy) is 1. The van der Waals surface area contributed by atoms with Crippen LogP contribution in [-0.2, 0) is 11.2 Å². The molecule has 1 saturated heterocycles. The summed E-state index contributed by atoms with van der Waals surface area (Å²) in [5.41, 5.74) is 1.10. The maximum absolute atomic E-state index is 5.45. The highest BCUT2D eigenvalue weighted by Gasteiger charge is 2.18. The van der Waals surface area contributed by atoms with Crippen molar-refractivity contribution < 1.29 is 4.74 Å². The molecule has 1 aliphatic heterocycles. The van der Waals surface area contributed by atoms with E-state index in [0.717, 1.165) is 31.1 Å². The van der Waals surface area contributed by atoms with Crippen LogP contribution in [0.15, 0.2) is 18.3 Å². The Balaban J connectivity index is 1.79. The van der Waals surface area contributed by atoms with Gasteiger partial charge in [-0.2, -0.15) is 0 Å². The fourth-order valence-electron chi connectivity index (χ4n) is 2.09. The average molecular weight is 263 g/mol. The number of thiophene rings is 1. The Morgan fingerprint density at radius 2 is 2.44 bits per heavy atom. The van der Waals surface area contributed by atoms with Crippen molar-refractivity contribution in [1.29, 1.82) is 0 Å². The molecule has 0 aliphatic carbocycles. The van der Waals surface area contributed by atoms with Crippen LogP contribution in [0, 0.1) is 0 Å². The number of H-pyrrole nitrogens is 1. The number of hydrogen-bond donors (Lipinski definition) is 2. The van der Waals surface area contributed by atoms with Crippen LogP contribution in [0.5, 0.6) is 0 Å². The van der Waals surface area contributed by atoms with Crippen molar-refractivity contribution in [2.75, 3.05) is 19.8 Å². The molecule has 3 rings (SSSR count). The van der Waals surface area contributed by atoms with E-state index in [1.54, 1.807) is 0 Å². The zero-order valence-electron chi connectivity index (χ0n) is 10.4. The maximum atomic E-state index is 5.45. The summed E-state index contributed by atoms with van der Waals surface area (Å²) in [5, 5.41) is 3.40. The zero-order chi connectivity index (χ0) is 12.4. The van der Waals surface area contributed by atoms with E-state index in [1.165, 1.54) is 9.75 Å². The molecule has 96 valence electrons. The highest BCUT2D eigenvalue weighted by molar-refractivity contribution is 7.15. The van der Waals surface area contributed by atoms with E-state index in [2.05, 4.69) is 34.3 Å². The lowest BCUT2D eigenvalue weighted by atomic mass is 10.2. The van der Waals surface area contributed by atoms with Gasteiger partial charge in [0.2, 0.25) is 0 Å².